The van der Waals surface area contributed by atoms with Gasteiger partial charge in [0, 0.05) is 26.4 Å². The van der Waals surface area contributed by atoms with Crippen LogP contribution in [0.1, 0.15) is 53.4 Å². The minimum absolute atomic E-state index is 0.169. The first-order valence-corrected chi connectivity index (χ1v) is 11.5. The molecular weight excluding hydrogens is 497 g/mol. The largest absolute Gasteiger partial charge is 0.123 e. The van der Waals surface area contributed by atoms with Gasteiger partial charge in [-0.25, -0.2) is 0 Å². The smallest absolute Gasteiger partial charge is 0.0374 e. The molecule has 0 saturated heterocycles. The fourth-order valence-electron chi connectivity index (χ4n) is 1.75. The summed E-state index contributed by atoms with van der Waals surface area (Å²) in [6, 6.07) is 0. The van der Waals surface area contributed by atoms with Gasteiger partial charge in [-0.3, -0.25) is 0 Å². The van der Waals surface area contributed by atoms with Crippen LogP contribution in [-0.4, -0.2) is 10.8 Å². The fraction of sp³-hybridized carbons (Fsp3) is 0.600. The summed E-state index contributed by atoms with van der Waals surface area (Å²) < 4.78 is 0. The molecule has 0 nitrogen and oxygen atoms in total. The second-order valence-corrected chi connectivity index (χ2v) is 9.39. The van der Waals surface area contributed by atoms with Crippen LogP contribution in [-0.2, 0) is 0 Å². The second kappa shape index (κ2) is 16.8. The first-order valence-electron chi connectivity index (χ1n) is 8.53. The first-order chi connectivity index (χ1) is 12.0. The average Bonchev–Trinajstić information content (AvgIpc) is 2.55. The molecule has 0 aromatic heterocycles. The van der Waals surface area contributed by atoms with Gasteiger partial charge >= 0.3 is 0 Å². The highest BCUT2D eigenvalue weighted by Crippen LogP contribution is 2.25. The third-order valence-electron chi connectivity index (χ3n) is 3.79. The fourth-order valence-corrected chi connectivity index (χ4v) is 3.20. The van der Waals surface area contributed by atoms with Crippen molar-refractivity contribution in [1.82, 2.24) is 0 Å². The molecule has 0 radical (unpaired) electrons. The van der Waals surface area contributed by atoms with Crippen LogP contribution in [0.15, 0.2) is 44.9 Å². The van der Waals surface area contributed by atoms with Gasteiger partial charge < -0.3 is 0 Å². The number of alkyl halides is 2. The maximum atomic E-state index is 6.11. The Bertz CT molecular complexity index is 437. The molecule has 0 fully saturated rings. The molecule has 0 spiro atoms. The number of halogens is 6. The van der Waals surface area contributed by atoms with Gasteiger partial charge in [-0.2, -0.15) is 0 Å². The number of hydrogen-bond acceptors (Lipinski definition) is 0. The summed E-state index contributed by atoms with van der Waals surface area (Å²) in [7, 11) is 0. The van der Waals surface area contributed by atoms with Gasteiger partial charge in [0.2, 0.25) is 0 Å². The van der Waals surface area contributed by atoms with E-state index in [0.717, 1.165) is 36.8 Å². The summed E-state index contributed by atoms with van der Waals surface area (Å²) in [5.74, 6) is 0.976. The number of rotatable bonds is 10. The molecule has 6 heteroatoms. The molecule has 0 aliphatic carbocycles. The Labute approximate surface area is 193 Å². The van der Waals surface area contributed by atoms with E-state index in [4.69, 9.17) is 58.0 Å². The van der Waals surface area contributed by atoms with Gasteiger partial charge in [0.05, 0.1) is 0 Å². The van der Waals surface area contributed by atoms with E-state index in [1.165, 1.54) is 5.54 Å². The van der Waals surface area contributed by atoms with Crippen molar-refractivity contribution in [2.45, 2.75) is 64.1 Å². The molecule has 2 unspecified atom stereocenters. The van der Waals surface area contributed by atoms with Crippen molar-refractivity contribution in [1.29, 1.82) is 0 Å². The summed E-state index contributed by atoms with van der Waals surface area (Å²) in [4.78, 5) is 1.81. The maximum Gasteiger partial charge on any atom is 0.0374 e. The van der Waals surface area contributed by atoms with E-state index < -0.39 is 0 Å². The topological polar surface area (TPSA) is 0 Å². The Morgan fingerprint density at radius 1 is 0.846 bits per heavy atom. The van der Waals surface area contributed by atoms with E-state index in [-0.39, 0.29) is 10.8 Å². The van der Waals surface area contributed by atoms with Gasteiger partial charge in [0.1, 0.15) is 0 Å². The zero-order valence-electron chi connectivity index (χ0n) is 16.0. The highest BCUT2D eigenvalue weighted by atomic mass is 79.9. The highest BCUT2D eigenvalue weighted by Gasteiger charge is 2.11. The summed E-state index contributed by atoms with van der Waals surface area (Å²) in [6.07, 6.45) is 3.48. The molecule has 0 heterocycles. The van der Waals surface area contributed by atoms with Crippen molar-refractivity contribution >= 4 is 73.9 Å². The van der Waals surface area contributed by atoms with E-state index in [1.54, 1.807) is 0 Å². The standard InChI is InChI=1S/C10H15BrCl2.C10H15Cl3/c2*1-7(2)10(13)5-4-9(6-11)8(3)12/h2*6-7,10H,3-5H2,1-2H3. The van der Waals surface area contributed by atoms with Gasteiger partial charge in [-0.1, -0.05) is 91.6 Å². The number of allylic oxidation sites excluding steroid dienone is 4. The second-order valence-electron chi connectivity index (χ2n) is 6.68. The Morgan fingerprint density at radius 2 is 1.19 bits per heavy atom. The van der Waals surface area contributed by atoms with Crippen molar-refractivity contribution < 1.29 is 0 Å². The Kier molecular flexibility index (Phi) is 18.8. The van der Waals surface area contributed by atoms with Crippen molar-refractivity contribution in [2.24, 2.45) is 11.8 Å². The lowest BCUT2D eigenvalue weighted by Crippen LogP contribution is -2.07. The van der Waals surface area contributed by atoms with E-state index in [1.807, 2.05) is 4.99 Å². The van der Waals surface area contributed by atoms with E-state index >= 15 is 0 Å². The van der Waals surface area contributed by atoms with E-state index in [0.29, 0.717) is 21.9 Å². The molecule has 0 bridgehead atoms. The molecule has 0 N–H and O–H groups in total. The van der Waals surface area contributed by atoms with Gasteiger partial charge in [-0.15, -0.1) is 23.2 Å². The van der Waals surface area contributed by atoms with Crippen molar-refractivity contribution in [3.05, 3.63) is 44.9 Å². The lowest BCUT2D eigenvalue weighted by Gasteiger charge is -2.13. The lowest BCUT2D eigenvalue weighted by molar-refractivity contribution is 0.566. The zero-order chi connectivity index (χ0) is 20.9. The molecule has 0 aliphatic rings. The van der Waals surface area contributed by atoms with Crippen LogP contribution in [0.3, 0.4) is 0 Å². The summed E-state index contributed by atoms with van der Waals surface area (Å²) in [5.41, 5.74) is 3.36. The monoisotopic (exact) mass is 524 g/mol. The SMILES string of the molecule is C=C(Cl)C(=CBr)CCC(Cl)C(C)C.C=C(Cl)C(=CCl)CCC(Cl)C(C)C. The third kappa shape index (κ3) is 14.9. The quantitative estimate of drug-likeness (QED) is 0.196. The number of hydrogen-bond donors (Lipinski definition) is 0. The summed E-state index contributed by atoms with van der Waals surface area (Å²) in [6.45, 7) is 15.7. The summed E-state index contributed by atoms with van der Waals surface area (Å²) in [5, 5.41) is 1.47. The van der Waals surface area contributed by atoms with E-state index in [9.17, 15) is 0 Å². The molecule has 0 aromatic carbocycles. The van der Waals surface area contributed by atoms with Gasteiger partial charge in [-0.05, 0) is 53.7 Å². The molecule has 2 atom stereocenters. The van der Waals surface area contributed by atoms with Crippen molar-refractivity contribution in [2.75, 3.05) is 0 Å². The van der Waals surface area contributed by atoms with Crippen molar-refractivity contribution in [3.63, 3.8) is 0 Å². The van der Waals surface area contributed by atoms with Crippen LogP contribution in [0.4, 0.5) is 0 Å². The van der Waals surface area contributed by atoms with Gasteiger partial charge in [0.15, 0.2) is 0 Å². The van der Waals surface area contributed by atoms with Crippen LogP contribution in [0, 0.1) is 11.8 Å². The predicted molar refractivity (Wildman–Crippen MR) is 128 cm³/mol. The van der Waals surface area contributed by atoms with E-state index in [2.05, 4.69) is 56.8 Å². The molecule has 0 aromatic rings. The Morgan fingerprint density at radius 3 is 1.42 bits per heavy atom. The molecule has 26 heavy (non-hydrogen) atoms. The lowest BCUT2D eigenvalue weighted by atomic mass is 10.0. The van der Waals surface area contributed by atoms with Crippen LogP contribution >= 0.6 is 73.9 Å². The van der Waals surface area contributed by atoms with Crippen LogP contribution in [0.2, 0.25) is 0 Å². The molecule has 0 aliphatic heterocycles. The molecule has 0 rings (SSSR count). The average molecular weight is 528 g/mol. The minimum Gasteiger partial charge on any atom is -0.123 e. The molecule has 152 valence electrons. The third-order valence-corrected chi connectivity index (χ3v) is 6.53. The van der Waals surface area contributed by atoms with Crippen molar-refractivity contribution in [3.8, 4) is 0 Å². The first kappa shape index (κ1) is 29.1. The Balaban J connectivity index is 0. The highest BCUT2D eigenvalue weighted by molar-refractivity contribution is 9.11. The van der Waals surface area contributed by atoms with Gasteiger partial charge in [0.25, 0.3) is 0 Å². The summed E-state index contributed by atoms with van der Waals surface area (Å²) >= 11 is 32.5. The molecule has 0 amide bonds. The normalized spacial score (nSPS) is 14.8. The van der Waals surface area contributed by atoms with Crippen LogP contribution < -0.4 is 0 Å². The molecular formula is C20H30BrCl5. The van der Waals surface area contributed by atoms with Crippen LogP contribution in [0.5, 0.6) is 0 Å². The predicted octanol–water partition coefficient (Wildman–Crippen LogP) is 9.97. The maximum absolute atomic E-state index is 6.11. The molecule has 0 saturated carbocycles. The van der Waals surface area contributed by atoms with Crippen LogP contribution in [0.25, 0.3) is 0 Å². The zero-order valence-corrected chi connectivity index (χ0v) is 21.3. The Hall–Kier alpha value is 0.890. The minimum atomic E-state index is 0.169.